The summed E-state index contributed by atoms with van der Waals surface area (Å²) in [5.41, 5.74) is 1.87. The SMILES string of the molecule is COc1ccc([C@H]2[C@@H]3CC[C@H]2[C@H](NC(=O)c2ccccn2)C3)cc1. The molecule has 4 rings (SSSR count). The van der Waals surface area contributed by atoms with E-state index in [9.17, 15) is 4.79 Å². The lowest BCUT2D eigenvalue weighted by atomic mass is 9.89. The first-order valence-electron chi connectivity index (χ1n) is 8.62. The summed E-state index contributed by atoms with van der Waals surface area (Å²) in [6, 6.07) is 14.1. The zero-order valence-electron chi connectivity index (χ0n) is 13.8. The van der Waals surface area contributed by atoms with Gasteiger partial charge in [-0.25, -0.2) is 0 Å². The van der Waals surface area contributed by atoms with Gasteiger partial charge in [-0.1, -0.05) is 18.2 Å². The summed E-state index contributed by atoms with van der Waals surface area (Å²) in [7, 11) is 1.69. The number of fused-ring (bicyclic) bond motifs is 2. The molecule has 0 unspecified atom stereocenters. The van der Waals surface area contributed by atoms with Gasteiger partial charge in [0.1, 0.15) is 11.4 Å². The summed E-state index contributed by atoms with van der Waals surface area (Å²) in [4.78, 5) is 16.6. The van der Waals surface area contributed by atoms with E-state index in [4.69, 9.17) is 4.74 Å². The van der Waals surface area contributed by atoms with Crippen LogP contribution in [0.4, 0.5) is 0 Å². The van der Waals surface area contributed by atoms with Crippen LogP contribution < -0.4 is 10.1 Å². The van der Waals surface area contributed by atoms with E-state index in [1.165, 1.54) is 18.4 Å². The number of ether oxygens (including phenoxy) is 1. The van der Waals surface area contributed by atoms with E-state index in [0.717, 1.165) is 12.2 Å². The second-order valence-electron chi connectivity index (χ2n) is 6.83. The molecule has 2 aliphatic rings. The van der Waals surface area contributed by atoms with Gasteiger partial charge in [-0.2, -0.15) is 0 Å². The smallest absolute Gasteiger partial charge is 0.270 e. The number of methoxy groups -OCH3 is 1. The van der Waals surface area contributed by atoms with Crippen LogP contribution in [-0.4, -0.2) is 24.0 Å². The van der Waals surface area contributed by atoms with Crippen LogP contribution in [-0.2, 0) is 0 Å². The molecule has 24 heavy (non-hydrogen) atoms. The third-order valence-electron chi connectivity index (χ3n) is 5.63. The average molecular weight is 322 g/mol. The van der Waals surface area contributed by atoms with Gasteiger partial charge in [0.15, 0.2) is 0 Å². The number of pyridine rings is 1. The molecule has 4 nitrogen and oxygen atoms in total. The highest BCUT2D eigenvalue weighted by molar-refractivity contribution is 5.92. The molecule has 1 heterocycles. The third-order valence-corrected chi connectivity index (χ3v) is 5.63. The van der Waals surface area contributed by atoms with Crippen LogP contribution in [0.2, 0.25) is 0 Å². The van der Waals surface area contributed by atoms with Crippen molar-refractivity contribution in [1.82, 2.24) is 10.3 Å². The van der Waals surface area contributed by atoms with Crippen molar-refractivity contribution in [2.75, 3.05) is 7.11 Å². The van der Waals surface area contributed by atoms with Crippen LogP contribution in [0.3, 0.4) is 0 Å². The van der Waals surface area contributed by atoms with E-state index >= 15 is 0 Å². The molecule has 4 atom stereocenters. The van der Waals surface area contributed by atoms with Gasteiger partial charge in [0, 0.05) is 12.2 Å². The molecule has 1 N–H and O–H groups in total. The second-order valence-corrected chi connectivity index (χ2v) is 6.83. The maximum absolute atomic E-state index is 12.4. The van der Waals surface area contributed by atoms with E-state index in [1.54, 1.807) is 19.4 Å². The highest BCUT2D eigenvalue weighted by Gasteiger charge is 2.48. The Bertz CT molecular complexity index is 714. The zero-order chi connectivity index (χ0) is 16.5. The minimum atomic E-state index is -0.0540. The van der Waals surface area contributed by atoms with Gasteiger partial charge < -0.3 is 10.1 Å². The minimum Gasteiger partial charge on any atom is -0.497 e. The van der Waals surface area contributed by atoms with Crippen molar-refractivity contribution in [2.24, 2.45) is 11.8 Å². The molecular weight excluding hydrogens is 300 g/mol. The molecule has 2 aliphatic carbocycles. The molecule has 0 radical (unpaired) electrons. The first-order chi connectivity index (χ1) is 11.8. The topological polar surface area (TPSA) is 51.2 Å². The molecule has 2 saturated carbocycles. The van der Waals surface area contributed by atoms with Crippen LogP contribution >= 0.6 is 0 Å². The number of nitrogens with zero attached hydrogens (tertiary/aromatic N) is 1. The first-order valence-corrected chi connectivity index (χ1v) is 8.62. The Balaban J connectivity index is 1.49. The van der Waals surface area contributed by atoms with Crippen LogP contribution in [0.1, 0.15) is 41.2 Å². The Hall–Kier alpha value is -2.36. The number of aromatic nitrogens is 1. The molecule has 0 saturated heterocycles. The first kappa shape index (κ1) is 15.2. The maximum atomic E-state index is 12.4. The molecule has 1 aromatic heterocycles. The molecule has 124 valence electrons. The zero-order valence-corrected chi connectivity index (χ0v) is 13.8. The summed E-state index contributed by atoms with van der Waals surface area (Å²) in [6.45, 7) is 0. The van der Waals surface area contributed by atoms with Crippen molar-refractivity contribution >= 4 is 5.91 Å². The monoisotopic (exact) mass is 322 g/mol. The third kappa shape index (κ3) is 2.66. The van der Waals surface area contributed by atoms with Gasteiger partial charge in [0.25, 0.3) is 5.91 Å². The summed E-state index contributed by atoms with van der Waals surface area (Å²) >= 11 is 0. The van der Waals surface area contributed by atoms with Crippen LogP contribution in [0.5, 0.6) is 5.75 Å². The Kier molecular flexibility index (Phi) is 3.97. The van der Waals surface area contributed by atoms with Gasteiger partial charge >= 0.3 is 0 Å². The molecule has 2 bridgehead atoms. The number of rotatable bonds is 4. The molecule has 0 aliphatic heterocycles. The molecule has 1 aromatic carbocycles. The lowest BCUT2D eigenvalue weighted by Gasteiger charge is -2.23. The Morgan fingerprint density at radius 3 is 2.71 bits per heavy atom. The van der Waals surface area contributed by atoms with E-state index < -0.39 is 0 Å². The largest absolute Gasteiger partial charge is 0.497 e. The highest BCUT2D eigenvalue weighted by Crippen LogP contribution is 2.54. The summed E-state index contributed by atoms with van der Waals surface area (Å²) in [6.07, 6.45) is 5.18. The van der Waals surface area contributed by atoms with Gasteiger partial charge in [-0.3, -0.25) is 9.78 Å². The minimum absolute atomic E-state index is 0.0540. The second kappa shape index (κ2) is 6.27. The van der Waals surface area contributed by atoms with Crippen molar-refractivity contribution in [3.63, 3.8) is 0 Å². The van der Waals surface area contributed by atoms with Gasteiger partial charge in [0.2, 0.25) is 0 Å². The number of hydrogen-bond acceptors (Lipinski definition) is 3. The Morgan fingerprint density at radius 2 is 2.00 bits per heavy atom. The number of benzene rings is 1. The Labute approximate surface area is 142 Å². The van der Waals surface area contributed by atoms with Crippen LogP contribution in [0, 0.1) is 11.8 Å². The number of carbonyl (C=O) groups is 1. The Morgan fingerprint density at radius 1 is 1.17 bits per heavy atom. The van der Waals surface area contributed by atoms with Crippen LogP contribution in [0.25, 0.3) is 0 Å². The van der Waals surface area contributed by atoms with E-state index in [2.05, 4.69) is 22.4 Å². The normalized spacial score (nSPS) is 27.9. The fourth-order valence-electron chi connectivity index (χ4n) is 4.58. The number of nitrogens with one attached hydrogen (secondary N) is 1. The molecule has 2 fully saturated rings. The number of amides is 1. The summed E-state index contributed by atoms with van der Waals surface area (Å²) in [5, 5.41) is 3.22. The standard InChI is InChI=1S/C20H22N2O2/c1-24-15-8-5-13(6-9-15)19-14-7-10-16(19)18(12-14)22-20(23)17-4-2-3-11-21-17/h2-6,8-9,11,14,16,18-19H,7,10,12H2,1H3,(H,22,23)/t14-,16+,18-,19+/m1/s1. The molecule has 4 heteroatoms. The van der Waals surface area contributed by atoms with Crippen molar-refractivity contribution in [2.45, 2.75) is 31.2 Å². The molecule has 1 amide bonds. The van der Waals surface area contributed by atoms with E-state index in [1.807, 2.05) is 24.3 Å². The highest BCUT2D eigenvalue weighted by atomic mass is 16.5. The predicted molar refractivity (Wildman–Crippen MR) is 92.1 cm³/mol. The lowest BCUT2D eigenvalue weighted by Crippen LogP contribution is -2.39. The van der Waals surface area contributed by atoms with E-state index in [0.29, 0.717) is 23.4 Å². The number of hydrogen-bond donors (Lipinski definition) is 1. The van der Waals surface area contributed by atoms with Crippen LogP contribution in [0.15, 0.2) is 48.7 Å². The maximum Gasteiger partial charge on any atom is 0.270 e. The fraction of sp³-hybridized carbons (Fsp3) is 0.400. The number of carbonyl (C=O) groups excluding carboxylic acids is 1. The molecule has 0 spiro atoms. The summed E-state index contributed by atoms with van der Waals surface area (Å²) in [5.74, 6) is 2.57. The van der Waals surface area contributed by atoms with Gasteiger partial charge in [-0.05, 0) is 66.8 Å². The van der Waals surface area contributed by atoms with Crippen molar-refractivity contribution < 1.29 is 9.53 Å². The van der Waals surface area contributed by atoms with Crippen molar-refractivity contribution in [3.05, 3.63) is 59.9 Å². The lowest BCUT2D eigenvalue weighted by molar-refractivity contribution is 0.0917. The average Bonchev–Trinajstić information content (AvgIpc) is 3.20. The van der Waals surface area contributed by atoms with Gasteiger partial charge in [-0.15, -0.1) is 0 Å². The molecule has 2 aromatic rings. The quantitative estimate of drug-likeness (QED) is 0.938. The summed E-state index contributed by atoms with van der Waals surface area (Å²) < 4.78 is 5.26. The van der Waals surface area contributed by atoms with E-state index in [-0.39, 0.29) is 11.9 Å². The molecular formula is C20H22N2O2. The predicted octanol–water partition coefficient (Wildman–Crippen LogP) is 3.40. The van der Waals surface area contributed by atoms with Crippen molar-refractivity contribution in [3.8, 4) is 5.75 Å². The fourth-order valence-corrected chi connectivity index (χ4v) is 4.58. The van der Waals surface area contributed by atoms with Crippen molar-refractivity contribution in [1.29, 1.82) is 0 Å². The van der Waals surface area contributed by atoms with Gasteiger partial charge in [0.05, 0.1) is 7.11 Å².